The van der Waals surface area contributed by atoms with Crippen molar-refractivity contribution in [3.8, 4) is 0 Å². The van der Waals surface area contributed by atoms with Gasteiger partial charge in [0, 0.05) is 13.1 Å². The molecule has 10 heteroatoms. The Morgan fingerprint density at radius 3 is 2.86 bits per heavy atom. The van der Waals surface area contributed by atoms with Gasteiger partial charge in [-0.2, -0.15) is 5.10 Å². The molecule has 2 rings (SSSR count). The third kappa shape index (κ3) is 3.31. The van der Waals surface area contributed by atoms with E-state index in [-0.39, 0.29) is 22.9 Å². The van der Waals surface area contributed by atoms with Gasteiger partial charge in [-0.05, 0) is 6.92 Å². The van der Waals surface area contributed by atoms with Gasteiger partial charge in [0.05, 0.1) is 17.0 Å². The molecule has 0 aliphatic heterocycles. The molecule has 2 aromatic rings. The molecule has 0 spiro atoms. The third-order valence-corrected chi connectivity index (χ3v) is 2.94. The largest absolute Gasteiger partial charge is 0.334 e. The number of halogens is 1. The van der Waals surface area contributed by atoms with Crippen molar-refractivity contribution in [1.82, 2.24) is 25.1 Å². The van der Waals surface area contributed by atoms with E-state index in [1.165, 1.54) is 11.9 Å². The van der Waals surface area contributed by atoms with Gasteiger partial charge < -0.3 is 4.90 Å². The molecule has 0 unspecified atom stereocenters. The van der Waals surface area contributed by atoms with Crippen LogP contribution in [-0.4, -0.2) is 42.9 Å². The predicted octanol–water partition coefficient (Wildman–Crippen LogP) is 1.34. The summed E-state index contributed by atoms with van der Waals surface area (Å²) in [4.78, 5) is 31.4. The second-order valence-electron chi connectivity index (χ2n) is 4.29. The van der Waals surface area contributed by atoms with Crippen molar-refractivity contribution in [2.24, 2.45) is 0 Å². The fourth-order valence-corrected chi connectivity index (χ4v) is 1.82. The minimum absolute atomic E-state index is 0.0411. The quantitative estimate of drug-likeness (QED) is 0.517. The number of hydrogen-bond donors (Lipinski definition) is 1. The van der Waals surface area contributed by atoms with Gasteiger partial charge >= 0.3 is 0 Å². The normalized spacial score (nSPS) is 10.4. The highest BCUT2D eigenvalue weighted by atomic mass is 35.5. The van der Waals surface area contributed by atoms with Crippen molar-refractivity contribution in [2.45, 2.75) is 13.5 Å². The van der Waals surface area contributed by atoms with E-state index in [1.54, 1.807) is 6.92 Å². The average Bonchev–Trinajstić information content (AvgIpc) is 2.83. The molecule has 0 saturated heterocycles. The molecule has 0 fully saturated rings. The van der Waals surface area contributed by atoms with Gasteiger partial charge in [-0.3, -0.25) is 20.0 Å². The Morgan fingerprint density at radius 1 is 1.57 bits per heavy atom. The summed E-state index contributed by atoms with van der Waals surface area (Å²) in [6.45, 7) is 1.88. The van der Waals surface area contributed by atoms with E-state index >= 15 is 0 Å². The third-order valence-electron chi connectivity index (χ3n) is 2.63. The molecule has 1 amide bonds. The fourth-order valence-electron chi connectivity index (χ4n) is 1.64. The minimum atomic E-state index is -0.640. The van der Waals surface area contributed by atoms with Gasteiger partial charge in [-0.1, -0.05) is 11.6 Å². The maximum atomic E-state index is 12.3. The molecule has 9 nitrogen and oxygen atoms in total. The topological polar surface area (TPSA) is 118 Å². The summed E-state index contributed by atoms with van der Waals surface area (Å²) in [6, 6.07) is 1.09. The Hall–Kier alpha value is -2.55. The molecule has 0 aliphatic carbocycles. The number of hydrogen-bond acceptors (Lipinski definition) is 6. The first-order valence-corrected chi connectivity index (χ1v) is 6.19. The lowest BCUT2D eigenvalue weighted by molar-refractivity contribution is -0.385. The summed E-state index contributed by atoms with van der Waals surface area (Å²) in [5, 5.41) is 17.2. The Kier molecular flexibility index (Phi) is 4.13. The maximum absolute atomic E-state index is 12.3. The number of aryl methyl sites for hydroxylation is 1. The minimum Gasteiger partial charge on any atom is -0.334 e. The fraction of sp³-hybridized carbons (Fsp3) is 0.273. The molecule has 21 heavy (non-hydrogen) atoms. The molecular formula is C11H11ClN6O3. The zero-order valence-electron chi connectivity index (χ0n) is 11.2. The maximum Gasteiger partial charge on any atom is 0.288 e. The Bertz CT molecular complexity index is 701. The number of carbonyl (C=O) groups is 1. The number of pyridine rings is 1. The van der Waals surface area contributed by atoms with Gasteiger partial charge in [0.15, 0.2) is 5.82 Å². The van der Waals surface area contributed by atoms with Crippen LogP contribution in [0.3, 0.4) is 0 Å². The Balaban J connectivity index is 2.22. The van der Waals surface area contributed by atoms with Crippen LogP contribution >= 0.6 is 11.6 Å². The predicted molar refractivity (Wildman–Crippen MR) is 72.8 cm³/mol. The molecule has 110 valence electrons. The first-order valence-electron chi connectivity index (χ1n) is 5.81. The highest BCUT2D eigenvalue weighted by Gasteiger charge is 2.21. The van der Waals surface area contributed by atoms with Crippen molar-refractivity contribution >= 4 is 23.2 Å². The number of carbonyl (C=O) groups excluding carboxylic acids is 1. The number of H-pyrrole nitrogens is 1. The van der Waals surface area contributed by atoms with Gasteiger partial charge in [-0.15, -0.1) is 0 Å². The molecular weight excluding hydrogens is 300 g/mol. The van der Waals surface area contributed by atoms with Gasteiger partial charge in [0.1, 0.15) is 17.2 Å². The second kappa shape index (κ2) is 5.83. The number of nitrogens with zero attached hydrogens (tertiary/aromatic N) is 5. The second-order valence-corrected chi connectivity index (χ2v) is 4.65. The Labute approximate surface area is 124 Å². The smallest absolute Gasteiger partial charge is 0.288 e. The number of aromatic nitrogens is 4. The van der Waals surface area contributed by atoms with Crippen LogP contribution in [0, 0.1) is 17.0 Å². The summed E-state index contributed by atoms with van der Waals surface area (Å²) in [6.07, 6.45) is 0.998. The molecule has 0 bridgehead atoms. The Morgan fingerprint density at radius 2 is 2.29 bits per heavy atom. The van der Waals surface area contributed by atoms with E-state index in [0.29, 0.717) is 11.6 Å². The molecule has 1 N–H and O–H groups in total. The summed E-state index contributed by atoms with van der Waals surface area (Å²) < 4.78 is 0. The van der Waals surface area contributed by atoms with Crippen molar-refractivity contribution in [3.63, 3.8) is 0 Å². The first-order chi connectivity index (χ1) is 9.88. The van der Waals surface area contributed by atoms with E-state index in [9.17, 15) is 14.9 Å². The lowest BCUT2D eigenvalue weighted by Crippen LogP contribution is -2.27. The standard InChI is InChI=1S/C11H11ClN6O3/c1-6-14-9(16-15-6)5-17(2)11(19)8-3-7(18(20)21)4-13-10(8)12/h3-4H,5H2,1-2H3,(H,14,15,16). The monoisotopic (exact) mass is 310 g/mol. The van der Waals surface area contributed by atoms with Crippen LogP contribution in [0.1, 0.15) is 22.0 Å². The zero-order chi connectivity index (χ0) is 15.6. The van der Waals surface area contributed by atoms with E-state index < -0.39 is 10.8 Å². The SMILES string of the molecule is Cc1nc(CN(C)C(=O)c2cc([N+](=O)[O-])cnc2Cl)n[nH]1. The van der Waals surface area contributed by atoms with Crippen LogP contribution in [0.25, 0.3) is 0 Å². The summed E-state index contributed by atoms with van der Waals surface area (Å²) in [5.41, 5.74) is -0.342. The number of nitrogens with one attached hydrogen (secondary N) is 1. The highest BCUT2D eigenvalue weighted by molar-refractivity contribution is 6.32. The average molecular weight is 311 g/mol. The number of aromatic amines is 1. The van der Waals surface area contributed by atoms with Crippen LogP contribution in [0.4, 0.5) is 5.69 Å². The van der Waals surface area contributed by atoms with Gasteiger partial charge in [0.25, 0.3) is 11.6 Å². The molecule has 0 saturated carbocycles. The van der Waals surface area contributed by atoms with E-state index in [4.69, 9.17) is 11.6 Å². The van der Waals surface area contributed by atoms with Crippen LogP contribution < -0.4 is 0 Å². The van der Waals surface area contributed by atoms with Crippen molar-refractivity contribution in [3.05, 3.63) is 44.7 Å². The zero-order valence-corrected chi connectivity index (χ0v) is 12.0. The summed E-state index contributed by atoms with van der Waals surface area (Å²) in [5.74, 6) is 0.553. The molecule has 0 aliphatic rings. The van der Waals surface area contributed by atoms with Crippen LogP contribution in [0.5, 0.6) is 0 Å². The molecule has 2 heterocycles. The molecule has 2 aromatic heterocycles. The van der Waals surface area contributed by atoms with Crippen LogP contribution in [0.2, 0.25) is 5.15 Å². The molecule has 0 aromatic carbocycles. The van der Waals surface area contributed by atoms with E-state index in [2.05, 4.69) is 20.2 Å². The van der Waals surface area contributed by atoms with Crippen molar-refractivity contribution in [2.75, 3.05) is 7.05 Å². The lowest BCUT2D eigenvalue weighted by atomic mass is 10.2. The van der Waals surface area contributed by atoms with Crippen molar-refractivity contribution < 1.29 is 9.72 Å². The summed E-state index contributed by atoms with van der Waals surface area (Å²) >= 11 is 5.83. The number of amides is 1. The van der Waals surface area contributed by atoms with Crippen molar-refractivity contribution in [1.29, 1.82) is 0 Å². The first kappa shape index (κ1) is 14.9. The van der Waals surface area contributed by atoms with Gasteiger partial charge in [0.2, 0.25) is 0 Å². The summed E-state index contributed by atoms with van der Waals surface area (Å²) in [7, 11) is 1.52. The van der Waals surface area contributed by atoms with Gasteiger partial charge in [-0.25, -0.2) is 9.97 Å². The molecule has 0 radical (unpaired) electrons. The lowest BCUT2D eigenvalue weighted by Gasteiger charge is -2.15. The number of nitro groups is 1. The van der Waals surface area contributed by atoms with Crippen LogP contribution in [0.15, 0.2) is 12.3 Å². The molecule has 0 atom stereocenters. The highest BCUT2D eigenvalue weighted by Crippen LogP contribution is 2.20. The van der Waals surface area contributed by atoms with E-state index in [0.717, 1.165) is 12.3 Å². The van der Waals surface area contributed by atoms with Crippen LogP contribution in [-0.2, 0) is 6.54 Å². The number of rotatable bonds is 4. The van der Waals surface area contributed by atoms with E-state index in [1.807, 2.05) is 0 Å².